The van der Waals surface area contributed by atoms with E-state index in [0.29, 0.717) is 6.54 Å². The van der Waals surface area contributed by atoms with E-state index in [1.165, 1.54) is 5.56 Å². The first kappa shape index (κ1) is 11.8. The molecule has 2 heteroatoms. The summed E-state index contributed by atoms with van der Waals surface area (Å²) in [7, 11) is 0. The third kappa shape index (κ3) is 3.70. The van der Waals surface area contributed by atoms with Crippen LogP contribution in [-0.2, 0) is 6.54 Å². The molecule has 0 bridgehead atoms. The minimum atomic E-state index is -0.389. The average molecular weight is 228 g/mol. The maximum atomic E-state index is 9.97. The highest BCUT2D eigenvalue weighted by molar-refractivity contribution is 5.17. The SMILES string of the molecule is O[C@@H](C[NH2+]Cc1ccccc1)c1ccccc1. The second-order valence-electron chi connectivity index (χ2n) is 4.14. The van der Waals surface area contributed by atoms with Crippen LogP contribution in [0.2, 0.25) is 0 Å². The smallest absolute Gasteiger partial charge is 0.128 e. The summed E-state index contributed by atoms with van der Waals surface area (Å²) in [4.78, 5) is 0. The van der Waals surface area contributed by atoms with Gasteiger partial charge in [-0.05, 0) is 5.56 Å². The molecule has 0 saturated heterocycles. The zero-order chi connectivity index (χ0) is 11.9. The van der Waals surface area contributed by atoms with Gasteiger partial charge in [-0.2, -0.15) is 0 Å². The fraction of sp³-hybridized carbons (Fsp3) is 0.200. The molecular formula is C15H18NO+. The van der Waals surface area contributed by atoms with Crippen LogP contribution in [0.3, 0.4) is 0 Å². The minimum Gasteiger partial charge on any atom is -0.382 e. The van der Waals surface area contributed by atoms with Gasteiger partial charge in [-0.15, -0.1) is 0 Å². The fourth-order valence-electron chi connectivity index (χ4n) is 1.83. The first-order valence-electron chi connectivity index (χ1n) is 5.95. The largest absolute Gasteiger partial charge is 0.382 e. The number of aliphatic hydroxyl groups excluding tert-OH is 1. The summed E-state index contributed by atoms with van der Waals surface area (Å²) >= 11 is 0. The summed E-state index contributed by atoms with van der Waals surface area (Å²) in [5.74, 6) is 0. The molecule has 0 aromatic heterocycles. The van der Waals surface area contributed by atoms with E-state index in [-0.39, 0.29) is 6.10 Å². The summed E-state index contributed by atoms with van der Waals surface area (Å²) in [6.45, 7) is 1.60. The highest BCUT2D eigenvalue weighted by Crippen LogP contribution is 2.09. The Morgan fingerprint density at radius 1 is 0.882 bits per heavy atom. The van der Waals surface area contributed by atoms with Crippen molar-refractivity contribution in [2.75, 3.05) is 6.54 Å². The van der Waals surface area contributed by atoms with E-state index in [9.17, 15) is 5.11 Å². The van der Waals surface area contributed by atoms with Crippen molar-refractivity contribution in [2.45, 2.75) is 12.6 Å². The van der Waals surface area contributed by atoms with Gasteiger partial charge in [-0.25, -0.2) is 0 Å². The number of aliphatic hydroxyl groups is 1. The highest BCUT2D eigenvalue weighted by atomic mass is 16.3. The lowest BCUT2D eigenvalue weighted by atomic mass is 10.1. The number of quaternary nitrogens is 1. The van der Waals surface area contributed by atoms with Gasteiger partial charge >= 0.3 is 0 Å². The quantitative estimate of drug-likeness (QED) is 0.799. The molecule has 2 aromatic rings. The number of rotatable bonds is 5. The molecule has 17 heavy (non-hydrogen) atoms. The molecule has 0 radical (unpaired) electrons. The molecule has 88 valence electrons. The van der Waals surface area contributed by atoms with Gasteiger partial charge < -0.3 is 10.4 Å². The van der Waals surface area contributed by atoms with Crippen LogP contribution >= 0.6 is 0 Å². The van der Waals surface area contributed by atoms with Crippen LogP contribution in [0, 0.1) is 0 Å². The van der Waals surface area contributed by atoms with Crippen LogP contribution < -0.4 is 5.32 Å². The van der Waals surface area contributed by atoms with Gasteiger partial charge in [-0.1, -0.05) is 60.7 Å². The lowest BCUT2D eigenvalue weighted by molar-refractivity contribution is -0.677. The van der Waals surface area contributed by atoms with Crippen molar-refractivity contribution in [1.82, 2.24) is 0 Å². The van der Waals surface area contributed by atoms with Gasteiger partial charge in [-0.3, -0.25) is 0 Å². The fourth-order valence-corrected chi connectivity index (χ4v) is 1.83. The normalized spacial score (nSPS) is 12.3. The predicted octanol–water partition coefficient (Wildman–Crippen LogP) is 1.48. The average Bonchev–Trinajstić information content (AvgIpc) is 2.41. The molecule has 0 saturated carbocycles. The lowest BCUT2D eigenvalue weighted by Gasteiger charge is -2.09. The van der Waals surface area contributed by atoms with Crippen molar-refractivity contribution >= 4 is 0 Å². The van der Waals surface area contributed by atoms with E-state index in [2.05, 4.69) is 17.4 Å². The predicted molar refractivity (Wildman–Crippen MR) is 68.3 cm³/mol. The zero-order valence-corrected chi connectivity index (χ0v) is 9.79. The molecule has 2 nitrogen and oxygen atoms in total. The Kier molecular flexibility index (Phi) is 4.30. The Hall–Kier alpha value is -1.64. The van der Waals surface area contributed by atoms with E-state index < -0.39 is 0 Å². The van der Waals surface area contributed by atoms with Crippen molar-refractivity contribution in [2.24, 2.45) is 0 Å². The molecule has 0 spiro atoms. The Bertz CT molecular complexity index is 427. The van der Waals surface area contributed by atoms with Crippen molar-refractivity contribution in [1.29, 1.82) is 0 Å². The molecule has 0 aliphatic heterocycles. The number of nitrogens with two attached hydrogens (primary N) is 1. The van der Waals surface area contributed by atoms with Crippen LogP contribution in [0.15, 0.2) is 60.7 Å². The number of hydrogen-bond donors (Lipinski definition) is 2. The molecule has 0 unspecified atom stereocenters. The van der Waals surface area contributed by atoms with Crippen molar-refractivity contribution in [3.63, 3.8) is 0 Å². The summed E-state index contributed by atoms with van der Waals surface area (Å²) in [5, 5.41) is 12.1. The zero-order valence-electron chi connectivity index (χ0n) is 9.79. The highest BCUT2D eigenvalue weighted by Gasteiger charge is 2.08. The maximum absolute atomic E-state index is 9.97. The maximum Gasteiger partial charge on any atom is 0.128 e. The van der Waals surface area contributed by atoms with Crippen LogP contribution in [0.1, 0.15) is 17.2 Å². The van der Waals surface area contributed by atoms with E-state index >= 15 is 0 Å². The molecule has 0 fully saturated rings. The molecular weight excluding hydrogens is 210 g/mol. The van der Waals surface area contributed by atoms with Gasteiger partial charge in [0, 0.05) is 5.56 Å². The molecule has 0 aliphatic rings. The second-order valence-corrected chi connectivity index (χ2v) is 4.14. The lowest BCUT2D eigenvalue weighted by Crippen LogP contribution is -2.83. The van der Waals surface area contributed by atoms with E-state index in [0.717, 1.165) is 12.1 Å². The monoisotopic (exact) mass is 228 g/mol. The molecule has 1 atom stereocenters. The summed E-state index contributed by atoms with van der Waals surface area (Å²) in [5.41, 5.74) is 2.27. The second kappa shape index (κ2) is 6.18. The summed E-state index contributed by atoms with van der Waals surface area (Å²) in [6, 6.07) is 20.1. The Labute approximate surface area is 102 Å². The molecule has 2 aromatic carbocycles. The van der Waals surface area contributed by atoms with Crippen LogP contribution in [-0.4, -0.2) is 11.7 Å². The first-order valence-corrected chi connectivity index (χ1v) is 5.95. The van der Waals surface area contributed by atoms with Gasteiger partial charge in [0.15, 0.2) is 0 Å². The van der Waals surface area contributed by atoms with Crippen molar-refractivity contribution in [3.8, 4) is 0 Å². The number of benzene rings is 2. The summed E-state index contributed by atoms with van der Waals surface area (Å²) in [6.07, 6.45) is -0.389. The Balaban J connectivity index is 1.79. The van der Waals surface area contributed by atoms with Crippen molar-refractivity contribution < 1.29 is 10.4 Å². The molecule has 2 rings (SSSR count). The molecule has 3 N–H and O–H groups in total. The van der Waals surface area contributed by atoms with E-state index in [1.807, 2.05) is 48.5 Å². The number of hydrogen-bond acceptors (Lipinski definition) is 1. The summed E-state index contributed by atoms with van der Waals surface area (Å²) < 4.78 is 0. The third-order valence-electron chi connectivity index (χ3n) is 2.80. The van der Waals surface area contributed by atoms with Gasteiger partial charge in [0.2, 0.25) is 0 Å². The minimum absolute atomic E-state index is 0.389. The van der Waals surface area contributed by atoms with E-state index in [1.54, 1.807) is 0 Å². The van der Waals surface area contributed by atoms with Gasteiger partial charge in [0.1, 0.15) is 19.2 Å². The molecule has 0 amide bonds. The third-order valence-corrected chi connectivity index (χ3v) is 2.80. The molecule has 0 aliphatic carbocycles. The van der Waals surface area contributed by atoms with Crippen LogP contribution in [0.25, 0.3) is 0 Å². The van der Waals surface area contributed by atoms with Crippen LogP contribution in [0.4, 0.5) is 0 Å². The Morgan fingerprint density at radius 2 is 1.47 bits per heavy atom. The Morgan fingerprint density at radius 3 is 2.12 bits per heavy atom. The van der Waals surface area contributed by atoms with Crippen LogP contribution in [0.5, 0.6) is 0 Å². The first-order chi connectivity index (χ1) is 8.36. The van der Waals surface area contributed by atoms with Gasteiger partial charge in [0.25, 0.3) is 0 Å². The van der Waals surface area contributed by atoms with Crippen molar-refractivity contribution in [3.05, 3.63) is 71.8 Å². The molecule has 0 heterocycles. The van der Waals surface area contributed by atoms with Gasteiger partial charge in [0.05, 0.1) is 0 Å². The topological polar surface area (TPSA) is 36.8 Å². The van der Waals surface area contributed by atoms with E-state index in [4.69, 9.17) is 0 Å². The standard InChI is InChI=1S/C15H17NO/c17-15(14-9-5-2-6-10-14)12-16-11-13-7-3-1-4-8-13/h1-10,15-17H,11-12H2/p+1/t15-/m0/s1.